The number of hydrogen-bond acceptors (Lipinski definition) is 3. The van der Waals surface area contributed by atoms with E-state index < -0.39 is 0 Å². The van der Waals surface area contributed by atoms with Crippen molar-refractivity contribution in [2.24, 2.45) is 0 Å². The van der Waals surface area contributed by atoms with E-state index in [0.717, 1.165) is 30.5 Å². The van der Waals surface area contributed by atoms with Crippen LogP contribution in [-0.2, 0) is 4.79 Å². The molecule has 4 heteroatoms. The van der Waals surface area contributed by atoms with Crippen LogP contribution in [0.2, 0.25) is 0 Å². The van der Waals surface area contributed by atoms with E-state index in [-0.39, 0.29) is 0 Å². The molecule has 0 bridgehead atoms. The Morgan fingerprint density at radius 3 is 2.78 bits per heavy atom. The first-order chi connectivity index (χ1) is 11.2. The molecular weight excluding hydrogens is 322 g/mol. The molecule has 1 aromatic rings. The van der Waals surface area contributed by atoms with Gasteiger partial charge in [-0.05, 0) is 37.3 Å². The van der Waals surface area contributed by atoms with Crippen molar-refractivity contribution in [3.63, 3.8) is 0 Å². The summed E-state index contributed by atoms with van der Waals surface area (Å²) in [5, 5.41) is 1.27. The molecule has 1 aromatic carbocycles. The first kappa shape index (κ1) is 17.2. The molecule has 2 nitrogen and oxygen atoms in total. The summed E-state index contributed by atoms with van der Waals surface area (Å²) < 4.78 is 0. The van der Waals surface area contributed by atoms with Crippen LogP contribution in [0.5, 0.6) is 0 Å². The summed E-state index contributed by atoms with van der Waals surface area (Å²) >= 11 is 3.91. The third kappa shape index (κ3) is 4.69. The average Bonchev–Trinajstić information content (AvgIpc) is 2.96. The molecule has 2 aliphatic rings. The van der Waals surface area contributed by atoms with Crippen LogP contribution >= 0.6 is 23.5 Å². The molecule has 1 unspecified atom stereocenters. The van der Waals surface area contributed by atoms with Gasteiger partial charge in [-0.3, -0.25) is 4.79 Å². The van der Waals surface area contributed by atoms with E-state index in [0.29, 0.717) is 16.9 Å². The fraction of sp³-hybridized carbons (Fsp3) is 0.632. The molecule has 126 valence electrons. The van der Waals surface area contributed by atoms with Crippen LogP contribution in [-0.4, -0.2) is 40.7 Å². The van der Waals surface area contributed by atoms with E-state index in [2.05, 4.69) is 36.1 Å². The monoisotopic (exact) mass is 349 g/mol. The van der Waals surface area contributed by atoms with Crippen LogP contribution < -0.4 is 0 Å². The van der Waals surface area contributed by atoms with Gasteiger partial charge >= 0.3 is 0 Å². The van der Waals surface area contributed by atoms with Gasteiger partial charge in [0.05, 0.1) is 5.75 Å². The lowest BCUT2D eigenvalue weighted by molar-refractivity contribution is -0.128. The quantitative estimate of drug-likeness (QED) is 0.787. The summed E-state index contributed by atoms with van der Waals surface area (Å²) in [7, 11) is 0. The van der Waals surface area contributed by atoms with Crippen molar-refractivity contribution in [3.05, 3.63) is 35.4 Å². The Morgan fingerprint density at radius 2 is 2.00 bits per heavy atom. The first-order valence-electron chi connectivity index (χ1n) is 8.80. The largest absolute Gasteiger partial charge is 0.341 e. The van der Waals surface area contributed by atoms with Crippen molar-refractivity contribution in [2.45, 2.75) is 49.5 Å². The van der Waals surface area contributed by atoms with Gasteiger partial charge < -0.3 is 4.90 Å². The van der Waals surface area contributed by atoms with Crippen molar-refractivity contribution < 1.29 is 4.79 Å². The van der Waals surface area contributed by atoms with Gasteiger partial charge in [0.2, 0.25) is 5.91 Å². The number of hydrogen-bond donors (Lipinski definition) is 0. The van der Waals surface area contributed by atoms with Crippen LogP contribution in [0, 0.1) is 6.92 Å². The van der Waals surface area contributed by atoms with Gasteiger partial charge in [0.15, 0.2) is 0 Å². The van der Waals surface area contributed by atoms with E-state index in [1.165, 1.54) is 36.8 Å². The number of carbonyl (C=O) groups excluding carboxylic acids is 1. The van der Waals surface area contributed by atoms with Crippen LogP contribution in [0.1, 0.15) is 48.5 Å². The molecule has 1 saturated heterocycles. The molecule has 23 heavy (non-hydrogen) atoms. The molecule has 1 atom stereocenters. The van der Waals surface area contributed by atoms with Crippen molar-refractivity contribution >= 4 is 29.4 Å². The van der Waals surface area contributed by atoms with Crippen LogP contribution in [0.25, 0.3) is 0 Å². The van der Waals surface area contributed by atoms with Crippen LogP contribution in [0.15, 0.2) is 24.3 Å². The van der Waals surface area contributed by atoms with E-state index in [1.54, 1.807) is 0 Å². The van der Waals surface area contributed by atoms with Crippen LogP contribution in [0.4, 0.5) is 0 Å². The van der Waals surface area contributed by atoms with Crippen molar-refractivity contribution in [2.75, 3.05) is 24.6 Å². The summed E-state index contributed by atoms with van der Waals surface area (Å²) in [6, 6.07) is 8.69. The lowest BCUT2D eigenvalue weighted by Gasteiger charge is -2.21. The highest BCUT2D eigenvalue weighted by Crippen LogP contribution is 2.36. The van der Waals surface area contributed by atoms with E-state index in [4.69, 9.17) is 0 Å². The molecule has 2 fully saturated rings. The van der Waals surface area contributed by atoms with E-state index in [1.807, 2.05) is 23.5 Å². The summed E-state index contributed by atoms with van der Waals surface area (Å²) in [4.78, 5) is 14.6. The molecule has 1 aliphatic carbocycles. The van der Waals surface area contributed by atoms with Crippen molar-refractivity contribution in [1.29, 1.82) is 0 Å². The summed E-state index contributed by atoms with van der Waals surface area (Å²) in [6.45, 7) is 4.02. The number of amides is 1. The second-order valence-electron chi connectivity index (χ2n) is 6.60. The Balaban J connectivity index is 1.51. The van der Waals surface area contributed by atoms with Gasteiger partial charge in [-0.1, -0.05) is 37.1 Å². The Labute approximate surface area is 148 Å². The first-order valence-corrected chi connectivity index (χ1v) is 10.9. The minimum absolute atomic E-state index is 0.355. The number of nitrogens with zero attached hydrogens (tertiary/aromatic N) is 1. The zero-order valence-electron chi connectivity index (χ0n) is 14.0. The number of thioether (sulfide) groups is 2. The zero-order valence-corrected chi connectivity index (χ0v) is 15.6. The molecule has 0 aromatic heterocycles. The Bertz CT molecular complexity index is 528. The third-order valence-corrected chi connectivity index (χ3v) is 7.64. The zero-order chi connectivity index (χ0) is 16.1. The summed E-state index contributed by atoms with van der Waals surface area (Å²) in [5.74, 6) is 2.09. The molecule has 0 N–H and O–H groups in total. The molecule has 3 rings (SSSR count). The smallest absolute Gasteiger partial charge is 0.232 e. The molecular formula is C19H27NOS2. The molecule has 1 heterocycles. The maximum absolute atomic E-state index is 12.5. The van der Waals surface area contributed by atoms with Gasteiger partial charge in [0.1, 0.15) is 0 Å². The number of carbonyl (C=O) groups is 1. The summed E-state index contributed by atoms with van der Waals surface area (Å²) in [6.07, 6.45) is 6.40. The van der Waals surface area contributed by atoms with Crippen molar-refractivity contribution in [1.82, 2.24) is 4.90 Å². The Hall–Kier alpha value is -0.610. The van der Waals surface area contributed by atoms with E-state index in [9.17, 15) is 4.79 Å². The Morgan fingerprint density at radius 1 is 1.22 bits per heavy atom. The highest BCUT2D eigenvalue weighted by molar-refractivity contribution is 8.00. The normalized spacial score (nSPS) is 23.0. The average molecular weight is 350 g/mol. The second kappa shape index (κ2) is 8.48. The minimum Gasteiger partial charge on any atom is -0.341 e. The van der Waals surface area contributed by atoms with Crippen molar-refractivity contribution in [3.8, 4) is 0 Å². The highest BCUT2D eigenvalue weighted by Gasteiger charge is 2.24. The maximum atomic E-state index is 12.5. The predicted molar refractivity (Wildman–Crippen MR) is 102 cm³/mol. The third-order valence-electron chi connectivity index (χ3n) is 4.97. The van der Waals surface area contributed by atoms with Gasteiger partial charge in [0.25, 0.3) is 0 Å². The fourth-order valence-corrected chi connectivity index (χ4v) is 6.11. The fourth-order valence-electron chi connectivity index (χ4n) is 3.55. The SMILES string of the molecule is Cc1ccccc1C1CCN(C(=O)CSC2CCCC2)CCS1. The minimum atomic E-state index is 0.355. The molecule has 0 spiro atoms. The molecule has 1 aliphatic heterocycles. The lowest BCUT2D eigenvalue weighted by atomic mass is 10.0. The highest BCUT2D eigenvalue weighted by atomic mass is 32.2. The van der Waals surface area contributed by atoms with Gasteiger partial charge in [0, 0.05) is 29.3 Å². The number of aryl methyl sites for hydroxylation is 1. The number of rotatable bonds is 4. The molecule has 0 radical (unpaired) electrons. The maximum Gasteiger partial charge on any atom is 0.232 e. The van der Waals surface area contributed by atoms with E-state index >= 15 is 0 Å². The Kier molecular flexibility index (Phi) is 6.35. The standard InChI is InChI=1S/C19H27NOS2/c1-15-6-2-5-9-17(15)18-10-11-20(12-13-22-18)19(21)14-23-16-7-3-4-8-16/h2,5-6,9,16,18H,3-4,7-8,10-14H2,1H3. The lowest BCUT2D eigenvalue weighted by Crippen LogP contribution is -2.34. The van der Waals surface area contributed by atoms with Gasteiger partial charge in [-0.2, -0.15) is 11.8 Å². The molecule has 1 amide bonds. The molecule has 1 saturated carbocycles. The second-order valence-corrected chi connectivity index (χ2v) is 9.20. The van der Waals surface area contributed by atoms with Gasteiger partial charge in [-0.15, -0.1) is 11.8 Å². The van der Waals surface area contributed by atoms with Gasteiger partial charge in [-0.25, -0.2) is 0 Å². The van der Waals surface area contributed by atoms with Crippen LogP contribution in [0.3, 0.4) is 0 Å². The number of benzene rings is 1. The predicted octanol–water partition coefficient (Wildman–Crippen LogP) is 4.68. The summed E-state index contributed by atoms with van der Waals surface area (Å²) in [5.41, 5.74) is 2.83. The topological polar surface area (TPSA) is 20.3 Å².